The Morgan fingerprint density at radius 3 is 2.40 bits per heavy atom. The minimum atomic E-state index is -0.128. The van der Waals surface area contributed by atoms with E-state index in [0.717, 1.165) is 0 Å². The Hall–Kier alpha value is -1.10. The van der Waals surface area contributed by atoms with Gasteiger partial charge in [-0.3, -0.25) is 9.59 Å². The molecular formula is C10H21N3O2. The molecule has 0 aliphatic heterocycles. The summed E-state index contributed by atoms with van der Waals surface area (Å²) in [5.74, 6) is -0.198. The number of carbonyl (C=O) groups is 2. The highest BCUT2D eigenvalue weighted by atomic mass is 16.2. The monoisotopic (exact) mass is 215 g/mol. The maximum Gasteiger partial charge on any atom is 0.239 e. The molecule has 0 spiro atoms. The molecule has 0 fully saturated rings. The average Bonchev–Trinajstić information content (AvgIpc) is 2.13. The van der Waals surface area contributed by atoms with Crippen LogP contribution in [0.15, 0.2) is 0 Å². The highest BCUT2D eigenvalue weighted by Crippen LogP contribution is 1.93. The predicted molar refractivity (Wildman–Crippen MR) is 59.2 cm³/mol. The molecule has 0 aromatic rings. The second kappa shape index (κ2) is 7.23. The minimum Gasteiger partial charge on any atom is -0.352 e. The highest BCUT2D eigenvalue weighted by molar-refractivity contribution is 5.84. The van der Waals surface area contributed by atoms with Crippen molar-refractivity contribution in [2.24, 2.45) is 5.73 Å². The van der Waals surface area contributed by atoms with Crippen LogP contribution in [0, 0.1) is 0 Å². The summed E-state index contributed by atoms with van der Waals surface area (Å²) in [7, 11) is 0. The molecule has 0 saturated heterocycles. The third kappa shape index (κ3) is 6.06. The topological polar surface area (TPSA) is 75.4 Å². The van der Waals surface area contributed by atoms with Crippen LogP contribution in [-0.4, -0.2) is 42.4 Å². The zero-order valence-corrected chi connectivity index (χ0v) is 9.75. The van der Waals surface area contributed by atoms with Gasteiger partial charge in [0.1, 0.15) is 0 Å². The second-order valence-electron chi connectivity index (χ2n) is 3.67. The Balaban J connectivity index is 4.08. The first-order chi connectivity index (χ1) is 7.01. The van der Waals surface area contributed by atoms with Gasteiger partial charge in [-0.1, -0.05) is 0 Å². The van der Waals surface area contributed by atoms with Crippen molar-refractivity contribution in [2.75, 3.05) is 19.6 Å². The number of likely N-dealkylation sites (N-methyl/N-ethyl adjacent to an activating group) is 1. The van der Waals surface area contributed by atoms with Gasteiger partial charge >= 0.3 is 0 Å². The van der Waals surface area contributed by atoms with Crippen molar-refractivity contribution < 1.29 is 9.59 Å². The fourth-order valence-electron chi connectivity index (χ4n) is 1.20. The number of nitrogens with zero attached hydrogens (tertiary/aromatic N) is 1. The van der Waals surface area contributed by atoms with E-state index in [0.29, 0.717) is 19.5 Å². The normalized spacial score (nSPS) is 10.2. The molecule has 0 heterocycles. The standard InChI is InChI=1S/C10H21N3O2/c1-4-13(10(15)5-6-11)7-9(14)12-8(2)3/h8H,4-7,11H2,1-3H3,(H,12,14). The molecule has 88 valence electrons. The summed E-state index contributed by atoms with van der Waals surface area (Å²) < 4.78 is 0. The number of hydrogen-bond donors (Lipinski definition) is 2. The molecule has 5 heteroatoms. The second-order valence-corrected chi connectivity index (χ2v) is 3.67. The SMILES string of the molecule is CCN(CC(=O)NC(C)C)C(=O)CCN. The zero-order chi connectivity index (χ0) is 11.8. The molecule has 2 amide bonds. The number of rotatable bonds is 6. The van der Waals surface area contributed by atoms with Crippen LogP contribution in [0.4, 0.5) is 0 Å². The molecule has 0 aliphatic rings. The summed E-state index contributed by atoms with van der Waals surface area (Å²) in [5.41, 5.74) is 5.29. The molecular weight excluding hydrogens is 194 g/mol. The van der Waals surface area contributed by atoms with Crippen LogP contribution in [-0.2, 0) is 9.59 Å². The van der Waals surface area contributed by atoms with Crippen LogP contribution in [0.5, 0.6) is 0 Å². The van der Waals surface area contributed by atoms with Crippen LogP contribution in [0.1, 0.15) is 27.2 Å². The van der Waals surface area contributed by atoms with Crippen LogP contribution in [0.3, 0.4) is 0 Å². The van der Waals surface area contributed by atoms with E-state index in [1.807, 2.05) is 20.8 Å². The summed E-state index contributed by atoms with van der Waals surface area (Å²) in [4.78, 5) is 24.4. The van der Waals surface area contributed by atoms with Crippen molar-refractivity contribution in [3.63, 3.8) is 0 Å². The van der Waals surface area contributed by atoms with Crippen LogP contribution < -0.4 is 11.1 Å². The van der Waals surface area contributed by atoms with Crippen LogP contribution >= 0.6 is 0 Å². The van der Waals surface area contributed by atoms with Crippen molar-refractivity contribution in [2.45, 2.75) is 33.2 Å². The van der Waals surface area contributed by atoms with E-state index in [1.165, 1.54) is 4.90 Å². The van der Waals surface area contributed by atoms with Crippen molar-refractivity contribution >= 4 is 11.8 Å². The van der Waals surface area contributed by atoms with Crippen LogP contribution in [0.25, 0.3) is 0 Å². The Kier molecular flexibility index (Phi) is 6.70. The maximum absolute atomic E-state index is 11.5. The first-order valence-electron chi connectivity index (χ1n) is 5.28. The molecule has 5 nitrogen and oxygen atoms in total. The summed E-state index contributed by atoms with van der Waals surface area (Å²) in [6, 6.07) is 0.0980. The molecule has 0 aromatic carbocycles. The summed E-state index contributed by atoms with van der Waals surface area (Å²) in [6.45, 7) is 6.59. The molecule has 15 heavy (non-hydrogen) atoms. The molecule has 0 saturated carbocycles. The van der Waals surface area contributed by atoms with Gasteiger partial charge in [-0.2, -0.15) is 0 Å². The van der Waals surface area contributed by atoms with Crippen LogP contribution in [0.2, 0.25) is 0 Å². The Morgan fingerprint density at radius 2 is 2.00 bits per heavy atom. The van der Waals surface area contributed by atoms with Gasteiger partial charge in [0.25, 0.3) is 0 Å². The quantitative estimate of drug-likeness (QED) is 0.639. The zero-order valence-electron chi connectivity index (χ0n) is 9.75. The van der Waals surface area contributed by atoms with E-state index in [9.17, 15) is 9.59 Å². The molecule has 0 aromatic heterocycles. The fourth-order valence-corrected chi connectivity index (χ4v) is 1.20. The first-order valence-corrected chi connectivity index (χ1v) is 5.28. The smallest absolute Gasteiger partial charge is 0.239 e. The number of hydrogen-bond acceptors (Lipinski definition) is 3. The van der Waals surface area contributed by atoms with Crippen molar-refractivity contribution in [1.29, 1.82) is 0 Å². The Morgan fingerprint density at radius 1 is 1.40 bits per heavy atom. The lowest BCUT2D eigenvalue weighted by Crippen LogP contribution is -2.43. The molecule has 0 aliphatic carbocycles. The van der Waals surface area contributed by atoms with E-state index in [1.54, 1.807) is 0 Å². The van der Waals surface area contributed by atoms with E-state index < -0.39 is 0 Å². The lowest BCUT2D eigenvalue weighted by molar-refractivity contribution is -0.135. The average molecular weight is 215 g/mol. The summed E-state index contributed by atoms with van der Waals surface area (Å²) >= 11 is 0. The molecule has 0 atom stereocenters. The highest BCUT2D eigenvalue weighted by Gasteiger charge is 2.14. The van der Waals surface area contributed by atoms with Gasteiger partial charge in [-0.15, -0.1) is 0 Å². The third-order valence-corrected chi connectivity index (χ3v) is 1.88. The van der Waals surface area contributed by atoms with Gasteiger partial charge in [0, 0.05) is 25.6 Å². The van der Waals surface area contributed by atoms with E-state index in [4.69, 9.17) is 5.73 Å². The van der Waals surface area contributed by atoms with Gasteiger partial charge in [0.05, 0.1) is 6.54 Å². The third-order valence-electron chi connectivity index (χ3n) is 1.88. The minimum absolute atomic E-state index is 0.0705. The van der Waals surface area contributed by atoms with Gasteiger partial charge < -0.3 is 16.0 Å². The fraction of sp³-hybridized carbons (Fsp3) is 0.800. The Labute approximate surface area is 91.0 Å². The maximum atomic E-state index is 11.5. The summed E-state index contributed by atoms with van der Waals surface area (Å²) in [5, 5.41) is 2.74. The molecule has 0 radical (unpaired) electrons. The van der Waals surface area contributed by atoms with Gasteiger partial charge in [-0.25, -0.2) is 0 Å². The lowest BCUT2D eigenvalue weighted by atomic mass is 10.3. The molecule has 3 N–H and O–H groups in total. The lowest BCUT2D eigenvalue weighted by Gasteiger charge is -2.20. The number of amides is 2. The van der Waals surface area contributed by atoms with Crippen molar-refractivity contribution in [1.82, 2.24) is 10.2 Å². The first kappa shape index (κ1) is 13.9. The molecule has 0 bridgehead atoms. The van der Waals surface area contributed by atoms with Crippen molar-refractivity contribution in [3.05, 3.63) is 0 Å². The molecule has 0 rings (SSSR count). The predicted octanol–water partition coefficient (Wildman–Crippen LogP) is -0.292. The number of nitrogens with one attached hydrogen (secondary N) is 1. The molecule has 0 unspecified atom stereocenters. The number of nitrogens with two attached hydrogens (primary N) is 1. The van der Waals surface area contributed by atoms with Gasteiger partial charge in [0.2, 0.25) is 11.8 Å². The summed E-state index contributed by atoms with van der Waals surface area (Å²) in [6.07, 6.45) is 0.294. The Bertz CT molecular complexity index is 217. The van der Waals surface area contributed by atoms with Gasteiger partial charge in [0.15, 0.2) is 0 Å². The largest absolute Gasteiger partial charge is 0.352 e. The van der Waals surface area contributed by atoms with Gasteiger partial charge in [-0.05, 0) is 20.8 Å². The van der Waals surface area contributed by atoms with E-state index in [2.05, 4.69) is 5.32 Å². The van der Waals surface area contributed by atoms with Crippen molar-refractivity contribution in [3.8, 4) is 0 Å². The van der Waals surface area contributed by atoms with E-state index in [-0.39, 0.29) is 24.4 Å². The van der Waals surface area contributed by atoms with E-state index >= 15 is 0 Å². The number of carbonyl (C=O) groups excluding carboxylic acids is 2.